The fourth-order valence-electron chi connectivity index (χ4n) is 3.43. The molecule has 0 amide bonds. The van der Waals surface area contributed by atoms with Crippen LogP contribution in [0.4, 0.5) is 4.39 Å². The Bertz CT molecular complexity index is 774. The second-order valence-corrected chi connectivity index (χ2v) is 7.23. The largest absolute Gasteiger partial charge is 0.489 e. The van der Waals surface area contributed by atoms with E-state index in [1.54, 1.807) is 12.1 Å². The highest BCUT2D eigenvalue weighted by atomic mass is 127. The zero-order valence-electron chi connectivity index (χ0n) is 17.5. The first kappa shape index (κ1) is 24.4. The lowest BCUT2D eigenvalue weighted by molar-refractivity contribution is 0.0915. The number of ether oxygens (including phenoxy) is 2. The molecule has 3 rings (SSSR count). The zero-order valence-corrected chi connectivity index (χ0v) is 19.8. The molecule has 0 saturated carbocycles. The molecule has 0 aromatic heterocycles. The smallest absolute Gasteiger partial charge is 0.191 e. The van der Waals surface area contributed by atoms with Gasteiger partial charge in [0.05, 0.1) is 12.6 Å². The number of benzene rings is 2. The molecule has 2 aromatic carbocycles. The summed E-state index contributed by atoms with van der Waals surface area (Å²) < 4.78 is 24.8. The molecule has 3 unspecified atom stereocenters. The van der Waals surface area contributed by atoms with Crippen LogP contribution in [-0.2, 0) is 4.74 Å². The number of rotatable bonds is 8. The highest BCUT2D eigenvalue weighted by Crippen LogP contribution is 2.33. The van der Waals surface area contributed by atoms with Crippen molar-refractivity contribution in [2.75, 3.05) is 26.2 Å². The van der Waals surface area contributed by atoms with Gasteiger partial charge in [0, 0.05) is 25.6 Å². The van der Waals surface area contributed by atoms with Gasteiger partial charge in [-0.15, -0.1) is 24.0 Å². The Morgan fingerprint density at radius 3 is 2.60 bits per heavy atom. The van der Waals surface area contributed by atoms with Crippen molar-refractivity contribution >= 4 is 29.9 Å². The maximum atomic E-state index is 13.0. The van der Waals surface area contributed by atoms with Crippen molar-refractivity contribution in [1.29, 1.82) is 0 Å². The van der Waals surface area contributed by atoms with E-state index in [1.807, 2.05) is 19.9 Å². The minimum atomic E-state index is -0.272. The zero-order chi connectivity index (χ0) is 20.5. The standard InChI is InChI=1S/C23H30FN3O2.HI/c1-3-25-23(26-15-17(2)29-21-11-9-20(24)10-12-21)27-16-19-13-14-28-22(19)18-7-5-4-6-8-18;/h4-12,17,19,22H,3,13-16H2,1-2H3,(H2,25,26,27);1H. The van der Waals surface area contributed by atoms with Gasteiger partial charge in [-0.1, -0.05) is 30.3 Å². The fraction of sp³-hybridized carbons (Fsp3) is 0.435. The molecule has 1 aliphatic rings. The molecule has 0 radical (unpaired) electrons. The number of nitrogens with zero attached hydrogens (tertiary/aromatic N) is 1. The number of nitrogens with one attached hydrogen (secondary N) is 2. The van der Waals surface area contributed by atoms with E-state index in [-0.39, 0.29) is 42.0 Å². The van der Waals surface area contributed by atoms with E-state index in [1.165, 1.54) is 17.7 Å². The summed E-state index contributed by atoms with van der Waals surface area (Å²) in [6.45, 7) is 6.84. The lowest BCUT2D eigenvalue weighted by Gasteiger charge is -2.21. The third kappa shape index (κ3) is 7.43. The molecule has 2 N–H and O–H groups in total. The SMILES string of the molecule is CCNC(=NCC(C)Oc1ccc(F)cc1)NCC1CCOC1c1ccccc1.I. The second kappa shape index (κ2) is 12.7. The molecule has 0 spiro atoms. The van der Waals surface area contributed by atoms with E-state index in [0.717, 1.165) is 32.1 Å². The van der Waals surface area contributed by atoms with Crippen LogP contribution in [-0.4, -0.2) is 38.3 Å². The van der Waals surface area contributed by atoms with Crippen LogP contribution in [0, 0.1) is 11.7 Å². The highest BCUT2D eigenvalue weighted by Gasteiger charge is 2.29. The number of hydrogen-bond acceptors (Lipinski definition) is 3. The number of hydrogen-bond donors (Lipinski definition) is 2. The average molecular weight is 527 g/mol. The Morgan fingerprint density at radius 1 is 1.17 bits per heavy atom. The number of aliphatic imine (C=N–C) groups is 1. The van der Waals surface area contributed by atoms with E-state index in [4.69, 9.17) is 9.47 Å². The molecular formula is C23H31FIN3O2. The summed E-state index contributed by atoms with van der Waals surface area (Å²) in [5.41, 5.74) is 1.22. The minimum absolute atomic E-state index is 0. The molecule has 1 saturated heterocycles. The molecule has 1 heterocycles. The molecule has 164 valence electrons. The quantitative estimate of drug-likeness (QED) is 0.301. The van der Waals surface area contributed by atoms with Crippen molar-refractivity contribution in [3.05, 3.63) is 66.0 Å². The lowest BCUT2D eigenvalue weighted by Crippen LogP contribution is -2.40. The average Bonchev–Trinajstić information content (AvgIpc) is 3.21. The first-order valence-corrected chi connectivity index (χ1v) is 10.3. The van der Waals surface area contributed by atoms with Crippen molar-refractivity contribution in [3.63, 3.8) is 0 Å². The van der Waals surface area contributed by atoms with Crippen molar-refractivity contribution in [1.82, 2.24) is 10.6 Å². The summed E-state index contributed by atoms with van der Waals surface area (Å²) in [6.07, 6.45) is 1.02. The van der Waals surface area contributed by atoms with E-state index in [9.17, 15) is 4.39 Å². The Morgan fingerprint density at radius 2 is 1.90 bits per heavy atom. The van der Waals surface area contributed by atoms with Crippen LogP contribution in [0.3, 0.4) is 0 Å². The normalized spacial score (nSPS) is 19.6. The van der Waals surface area contributed by atoms with Gasteiger partial charge in [-0.3, -0.25) is 0 Å². The molecule has 30 heavy (non-hydrogen) atoms. The monoisotopic (exact) mass is 527 g/mol. The van der Waals surface area contributed by atoms with Crippen molar-refractivity contribution in [2.24, 2.45) is 10.9 Å². The summed E-state index contributed by atoms with van der Waals surface area (Å²) in [5.74, 6) is 1.53. The van der Waals surface area contributed by atoms with Crippen LogP contribution in [0.1, 0.15) is 31.9 Å². The van der Waals surface area contributed by atoms with E-state index in [2.05, 4.69) is 39.9 Å². The summed E-state index contributed by atoms with van der Waals surface area (Å²) in [6, 6.07) is 16.4. The van der Waals surface area contributed by atoms with Gasteiger partial charge >= 0.3 is 0 Å². The first-order chi connectivity index (χ1) is 14.2. The molecule has 0 bridgehead atoms. The lowest BCUT2D eigenvalue weighted by atomic mass is 9.95. The van der Waals surface area contributed by atoms with Gasteiger partial charge in [-0.05, 0) is 50.1 Å². The Balaban J connectivity index is 0.00000320. The maximum absolute atomic E-state index is 13.0. The Hall–Kier alpha value is -1.87. The third-order valence-electron chi connectivity index (χ3n) is 4.88. The van der Waals surface area contributed by atoms with Crippen molar-refractivity contribution < 1.29 is 13.9 Å². The molecule has 7 heteroatoms. The predicted octanol–water partition coefficient (Wildman–Crippen LogP) is 4.54. The maximum Gasteiger partial charge on any atom is 0.191 e. The van der Waals surface area contributed by atoms with Gasteiger partial charge in [0.2, 0.25) is 0 Å². The van der Waals surface area contributed by atoms with E-state index >= 15 is 0 Å². The molecule has 1 aliphatic heterocycles. The van der Waals surface area contributed by atoms with Crippen LogP contribution >= 0.6 is 24.0 Å². The van der Waals surface area contributed by atoms with Crippen molar-refractivity contribution in [3.8, 4) is 5.75 Å². The number of halogens is 2. The summed E-state index contributed by atoms with van der Waals surface area (Å²) in [7, 11) is 0. The van der Waals surface area contributed by atoms with Crippen LogP contribution < -0.4 is 15.4 Å². The Labute approximate surface area is 195 Å². The summed E-state index contributed by atoms with van der Waals surface area (Å²) in [4.78, 5) is 4.64. The van der Waals surface area contributed by atoms with Crippen LogP contribution in [0.25, 0.3) is 0 Å². The molecule has 1 fully saturated rings. The third-order valence-corrected chi connectivity index (χ3v) is 4.88. The minimum Gasteiger partial charge on any atom is -0.489 e. The first-order valence-electron chi connectivity index (χ1n) is 10.3. The fourth-order valence-corrected chi connectivity index (χ4v) is 3.43. The highest BCUT2D eigenvalue weighted by molar-refractivity contribution is 14.0. The van der Waals surface area contributed by atoms with Crippen LogP contribution in [0.5, 0.6) is 5.75 Å². The van der Waals surface area contributed by atoms with Crippen LogP contribution in [0.2, 0.25) is 0 Å². The topological polar surface area (TPSA) is 54.9 Å². The summed E-state index contributed by atoms with van der Waals surface area (Å²) in [5, 5.41) is 6.72. The Kier molecular flexibility index (Phi) is 10.4. The van der Waals surface area contributed by atoms with Gasteiger partial charge in [0.1, 0.15) is 17.7 Å². The van der Waals surface area contributed by atoms with Gasteiger partial charge in [0.15, 0.2) is 5.96 Å². The molecular weight excluding hydrogens is 496 g/mol. The van der Waals surface area contributed by atoms with E-state index in [0.29, 0.717) is 18.2 Å². The molecule has 2 aromatic rings. The van der Waals surface area contributed by atoms with E-state index < -0.39 is 0 Å². The van der Waals surface area contributed by atoms with Crippen molar-refractivity contribution in [2.45, 2.75) is 32.5 Å². The number of guanidine groups is 1. The predicted molar refractivity (Wildman–Crippen MR) is 129 cm³/mol. The molecule has 0 aliphatic carbocycles. The summed E-state index contributed by atoms with van der Waals surface area (Å²) >= 11 is 0. The van der Waals surface area contributed by atoms with Crippen LogP contribution in [0.15, 0.2) is 59.6 Å². The van der Waals surface area contributed by atoms with Gasteiger partial charge in [-0.25, -0.2) is 9.38 Å². The van der Waals surface area contributed by atoms with Gasteiger partial charge in [-0.2, -0.15) is 0 Å². The molecule has 5 nitrogen and oxygen atoms in total. The molecule has 3 atom stereocenters. The van der Waals surface area contributed by atoms with Gasteiger partial charge < -0.3 is 20.1 Å². The second-order valence-electron chi connectivity index (χ2n) is 7.23. The van der Waals surface area contributed by atoms with Gasteiger partial charge in [0.25, 0.3) is 0 Å².